The second kappa shape index (κ2) is 3.95. The maximum atomic E-state index is 5.43. The number of fused-ring (bicyclic) bond motifs is 1. The third kappa shape index (κ3) is 1.76. The summed E-state index contributed by atoms with van der Waals surface area (Å²) in [5, 5.41) is 4.92. The Morgan fingerprint density at radius 2 is 2.18 bits per heavy atom. The summed E-state index contributed by atoms with van der Waals surface area (Å²) in [5.41, 5.74) is 7.27. The maximum absolute atomic E-state index is 5.43. The van der Waals surface area contributed by atoms with Crippen molar-refractivity contribution in [1.82, 2.24) is 15.1 Å². The van der Waals surface area contributed by atoms with E-state index in [4.69, 9.17) is 10.3 Å². The Balaban J connectivity index is 2.11. The molecule has 0 bridgehead atoms. The lowest BCUT2D eigenvalue weighted by atomic mass is 10.1. The maximum Gasteiger partial charge on any atom is 0.240 e. The van der Waals surface area contributed by atoms with Gasteiger partial charge in [0.25, 0.3) is 0 Å². The van der Waals surface area contributed by atoms with Gasteiger partial charge in [-0.25, -0.2) is 0 Å². The van der Waals surface area contributed by atoms with Gasteiger partial charge in [-0.3, -0.25) is 4.98 Å². The number of hydrogen-bond donors (Lipinski definition) is 1. The van der Waals surface area contributed by atoms with Crippen LogP contribution in [0, 0.1) is 0 Å². The third-order valence-corrected chi connectivity index (χ3v) is 2.50. The molecule has 1 aromatic carbocycles. The first kappa shape index (κ1) is 9.92. The minimum atomic E-state index is 0.252. The summed E-state index contributed by atoms with van der Waals surface area (Å²) >= 11 is 0. The second-order valence-electron chi connectivity index (χ2n) is 3.63. The Bertz CT molecular complexity index is 662. The van der Waals surface area contributed by atoms with E-state index in [1.54, 1.807) is 6.20 Å². The molecule has 2 N–H and O–H groups in total. The first-order valence-corrected chi connectivity index (χ1v) is 5.24. The molecular weight excluding hydrogens is 216 g/mol. The summed E-state index contributed by atoms with van der Waals surface area (Å²) < 4.78 is 4.98. The summed E-state index contributed by atoms with van der Waals surface area (Å²) in [5.74, 6) is 0.988. The molecule has 0 unspecified atom stereocenters. The zero-order chi connectivity index (χ0) is 11.7. The molecule has 0 spiro atoms. The van der Waals surface area contributed by atoms with Gasteiger partial charge in [-0.2, -0.15) is 4.98 Å². The molecule has 3 aromatic rings. The first-order chi connectivity index (χ1) is 8.36. The van der Waals surface area contributed by atoms with Crippen molar-refractivity contribution in [2.24, 2.45) is 5.73 Å². The van der Waals surface area contributed by atoms with Gasteiger partial charge in [0.2, 0.25) is 11.7 Å². The minimum Gasteiger partial charge on any atom is -0.338 e. The van der Waals surface area contributed by atoms with Crippen LogP contribution in [-0.2, 0) is 6.54 Å². The van der Waals surface area contributed by atoms with E-state index in [2.05, 4.69) is 15.1 Å². The predicted octanol–water partition coefficient (Wildman–Crippen LogP) is 1.74. The highest BCUT2D eigenvalue weighted by atomic mass is 16.5. The average molecular weight is 226 g/mol. The number of benzene rings is 1. The SMILES string of the molecule is NCc1nc(-c2ccc3ncccc3c2)no1. The Hall–Kier alpha value is -2.27. The fraction of sp³-hybridized carbons (Fsp3) is 0.0833. The monoisotopic (exact) mass is 226 g/mol. The summed E-state index contributed by atoms with van der Waals surface area (Å²) in [6.07, 6.45) is 1.77. The number of pyridine rings is 1. The van der Waals surface area contributed by atoms with Crippen molar-refractivity contribution < 1.29 is 4.52 Å². The van der Waals surface area contributed by atoms with Gasteiger partial charge in [-0.1, -0.05) is 11.2 Å². The Labute approximate surface area is 97.3 Å². The third-order valence-electron chi connectivity index (χ3n) is 2.50. The van der Waals surface area contributed by atoms with Gasteiger partial charge in [-0.05, 0) is 24.3 Å². The highest BCUT2D eigenvalue weighted by Gasteiger charge is 2.07. The zero-order valence-electron chi connectivity index (χ0n) is 9.00. The van der Waals surface area contributed by atoms with E-state index < -0.39 is 0 Å². The van der Waals surface area contributed by atoms with Crippen LogP contribution in [0.1, 0.15) is 5.89 Å². The van der Waals surface area contributed by atoms with Gasteiger partial charge in [0.1, 0.15) is 0 Å². The molecule has 0 amide bonds. The van der Waals surface area contributed by atoms with Crippen LogP contribution in [0.4, 0.5) is 0 Å². The van der Waals surface area contributed by atoms with Crippen LogP contribution in [0.25, 0.3) is 22.3 Å². The molecule has 0 saturated heterocycles. The van der Waals surface area contributed by atoms with Gasteiger partial charge >= 0.3 is 0 Å². The highest BCUT2D eigenvalue weighted by Crippen LogP contribution is 2.20. The number of nitrogens with zero attached hydrogens (tertiary/aromatic N) is 3. The second-order valence-corrected chi connectivity index (χ2v) is 3.63. The molecule has 2 aromatic heterocycles. The Morgan fingerprint density at radius 1 is 1.24 bits per heavy atom. The number of nitrogens with two attached hydrogens (primary N) is 1. The van der Waals surface area contributed by atoms with Gasteiger partial charge in [-0.15, -0.1) is 0 Å². The van der Waals surface area contributed by atoms with Gasteiger partial charge in [0, 0.05) is 17.1 Å². The van der Waals surface area contributed by atoms with Gasteiger partial charge < -0.3 is 10.3 Å². The fourth-order valence-electron chi connectivity index (χ4n) is 1.67. The van der Waals surface area contributed by atoms with Crippen LogP contribution in [0.5, 0.6) is 0 Å². The van der Waals surface area contributed by atoms with E-state index in [-0.39, 0.29) is 6.54 Å². The molecule has 0 radical (unpaired) electrons. The standard InChI is InChI=1S/C12H10N4O/c13-7-11-15-12(16-17-11)9-3-4-10-8(6-9)2-1-5-14-10/h1-6H,7,13H2. The largest absolute Gasteiger partial charge is 0.338 e. The van der Waals surface area contributed by atoms with Crippen molar-refractivity contribution in [3.63, 3.8) is 0 Å². The van der Waals surface area contributed by atoms with Crippen molar-refractivity contribution in [3.8, 4) is 11.4 Å². The van der Waals surface area contributed by atoms with E-state index >= 15 is 0 Å². The lowest BCUT2D eigenvalue weighted by Crippen LogP contribution is -1.95. The number of aromatic nitrogens is 3. The smallest absolute Gasteiger partial charge is 0.240 e. The van der Waals surface area contributed by atoms with E-state index in [0.717, 1.165) is 16.5 Å². The van der Waals surface area contributed by atoms with Crippen LogP contribution in [0.2, 0.25) is 0 Å². The van der Waals surface area contributed by atoms with Crippen molar-refractivity contribution in [2.75, 3.05) is 0 Å². The molecule has 3 rings (SSSR count). The van der Waals surface area contributed by atoms with Crippen molar-refractivity contribution in [2.45, 2.75) is 6.54 Å². The van der Waals surface area contributed by atoms with Gasteiger partial charge in [0.05, 0.1) is 12.1 Å². The van der Waals surface area contributed by atoms with Crippen LogP contribution in [-0.4, -0.2) is 15.1 Å². The zero-order valence-corrected chi connectivity index (χ0v) is 9.00. The lowest BCUT2D eigenvalue weighted by molar-refractivity contribution is 0.380. The summed E-state index contributed by atoms with van der Waals surface area (Å²) in [4.78, 5) is 8.44. The normalized spacial score (nSPS) is 10.9. The molecule has 5 nitrogen and oxygen atoms in total. The first-order valence-electron chi connectivity index (χ1n) is 5.24. The summed E-state index contributed by atoms with van der Waals surface area (Å²) in [6.45, 7) is 0.252. The Kier molecular flexibility index (Phi) is 2.31. The lowest BCUT2D eigenvalue weighted by Gasteiger charge is -1.98. The summed E-state index contributed by atoms with van der Waals surface area (Å²) in [6, 6.07) is 9.72. The van der Waals surface area contributed by atoms with E-state index in [9.17, 15) is 0 Å². The van der Waals surface area contributed by atoms with E-state index in [1.807, 2.05) is 30.3 Å². The predicted molar refractivity (Wildman–Crippen MR) is 62.9 cm³/mol. The minimum absolute atomic E-state index is 0.252. The number of rotatable bonds is 2. The van der Waals surface area contributed by atoms with Crippen LogP contribution in [0.15, 0.2) is 41.1 Å². The Morgan fingerprint density at radius 3 is 3.00 bits per heavy atom. The van der Waals surface area contributed by atoms with Gasteiger partial charge in [0.15, 0.2) is 0 Å². The average Bonchev–Trinajstić information content (AvgIpc) is 2.87. The van der Waals surface area contributed by atoms with Crippen molar-refractivity contribution in [1.29, 1.82) is 0 Å². The number of hydrogen-bond acceptors (Lipinski definition) is 5. The molecule has 17 heavy (non-hydrogen) atoms. The fourth-order valence-corrected chi connectivity index (χ4v) is 1.67. The molecule has 0 aliphatic rings. The van der Waals surface area contributed by atoms with E-state index in [0.29, 0.717) is 11.7 Å². The molecular formula is C12H10N4O. The molecule has 0 fully saturated rings. The van der Waals surface area contributed by atoms with Crippen LogP contribution < -0.4 is 5.73 Å². The topological polar surface area (TPSA) is 77.8 Å². The molecule has 0 atom stereocenters. The molecule has 0 saturated carbocycles. The quantitative estimate of drug-likeness (QED) is 0.720. The van der Waals surface area contributed by atoms with E-state index in [1.165, 1.54) is 0 Å². The molecule has 84 valence electrons. The van der Waals surface area contributed by atoms with Crippen LogP contribution in [0.3, 0.4) is 0 Å². The molecule has 2 heterocycles. The highest BCUT2D eigenvalue weighted by molar-refractivity contribution is 5.82. The molecule has 0 aliphatic carbocycles. The summed E-state index contributed by atoms with van der Waals surface area (Å²) in [7, 11) is 0. The van der Waals surface area contributed by atoms with Crippen LogP contribution >= 0.6 is 0 Å². The molecule has 0 aliphatic heterocycles. The molecule has 5 heteroatoms. The van der Waals surface area contributed by atoms with Crippen molar-refractivity contribution >= 4 is 10.9 Å². The van der Waals surface area contributed by atoms with Crippen molar-refractivity contribution in [3.05, 3.63) is 42.4 Å².